The molecule has 0 unspecified atom stereocenters. The third kappa shape index (κ3) is 4.61. The van der Waals surface area contributed by atoms with E-state index < -0.39 is 0 Å². The van der Waals surface area contributed by atoms with Crippen LogP contribution in [0.1, 0.15) is 27.2 Å². The van der Waals surface area contributed by atoms with Gasteiger partial charge in [0, 0.05) is 31.4 Å². The van der Waals surface area contributed by atoms with E-state index in [-0.39, 0.29) is 0 Å². The zero-order valence-electron chi connectivity index (χ0n) is 13.5. The van der Waals surface area contributed by atoms with Crippen molar-refractivity contribution in [2.24, 2.45) is 0 Å². The smallest absolute Gasteiger partial charge is 0.151 e. The summed E-state index contributed by atoms with van der Waals surface area (Å²) < 4.78 is 0. The Balaban J connectivity index is 1.76. The Morgan fingerprint density at radius 2 is 1.33 bits per heavy atom. The molecule has 0 fully saturated rings. The minimum atomic E-state index is 0.608. The van der Waals surface area contributed by atoms with Crippen molar-refractivity contribution in [3.8, 4) is 0 Å². The molecular formula is C21H20N2O. The summed E-state index contributed by atoms with van der Waals surface area (Å²) >= 11 is 0. The summed E-state index contributed by atoms with van der Waals surface area (Å²) in [5, 5.41) is 0. The van der Waals surface area contributed by atoms with Gasteiger partial charge in [0.1, 0.15) is 0 Å². The van der Waals surface area contributed by atoms with E-state index in [4.69, 9.17) is 0 Å². The molecule has 0 radical (unpaired) electrons. The molecule has 3 nitrogen and oxygen atoms in total. The van der Waals surface area contributed by atoms with Crippen LogP contribution in [-0.4, -0.2) is 16.2 Å². The van der Waals surface area contributed by atoms with Crippen LogP contribution in [0.15, 0.2) is 79.0 Å². The van der Waals surface area contributed by atoms with Crippen LogP contribution in [0.25, 0.3) is 0 Å². The molecule has 0 aliphatic rings. The summed E-state index contributed by atoms with van der Waals surface area (Å²) in [4.78, 5) is 17.5. The van der Waals surface area contributed by atoms with E-state index in [0.717, 1.165) is 31.6 Å². The quantitative estimate of drug-likeness (QED) is 0.615. The average molecular weight is 316 g/mol. The zero-order chi connectivity index (χ0) is 16.6. The number of aromatic nitrogens is 1. The number of rotatable bonds is 7. The Morgan fingerprint density at radius 1 is 0.750 bits per heavy atom. The fourth-order valence-corrected chi connectivity index (χ4v) is 2.68. The van der Waals surface area contributed by atoms with Gasteiger partial charge in [0.05, 0.1) is 5.69 Å². The molecule has 1 heterocycles. The monoisotopic (exact) mass is 316 g/mol. The second-order valence-electron chi connectivity index (χ2n) is 5.82. The first-order valence-electron chi connectivity index (χ1n) is 8.04. The van der Waals surface area contributed by atoms with Crippen molar-refractivity contribution in [3.05, 3.63) is 101 Å². The summed E-state index contributed by atoms with van der Waals surface area (Å²) in [6.07, 6.45) is 2.45. The Morgan fingerprint density at radius 3 is 1.79 bits per heavy atom. The number of hydrogen-bond donors (Lipinski definition) is 0. The fourth-order valence-electron chi connectivity index (χ4n) is 2.68. The first-order chi connectivity index (χ1) is 11.8. The Bertz CT molecular complexity index is 713. The van der Waals surface area contributed by atoms with Crippen LogP contribution in [0.5, 0.6) is 0 Å². The Hall–Kier alpha value is -2.78. The predicted molar refractivity (Wildman–Crippen MR) is 95.5 cm³/mol. The molecule has 0 bridgehead atoms. The molecular weight excluding hydrogens is 296 g/mol. The molecule has 0 amide bonds. The van der Waals surface area contributed by atoms with Gasteiger partial charge in [0.15, 0.2) is 6.29 Å². The second kappa shape index (κ2) is 8.18. The largest absolute Gasteiger partial charge is 0.298 e. The van der Waals surface area contributed by atoms with Crippen molar-refractivity contribution >= 4 is 6.29 Å². The highest BCUT2D eigenvalue weighted by molar-refractivity contribution is 5.73. The number of pyridine rings is 1. The van der Waals surface area contributed by atoms with Crippen molar-refractivity contribution in [1.29, 1.82) is 0 Å². The molecule has 1 aromatic heterocycles. The number of carbonyl (C=O) groups excluding carboxylic acids is 1. The van der Waals surface area contributed by atoms with E-state index in [9.17, 15) is 4.79 Å². The van der Waals surface area contributed by atoms with Crippen LogP contribution in [0, 0.1) is 0 Å². The molecule has 2 aromatic carbocycles. The topological polar surface area (TPSA) is 33.2 Å². The standard InChI is InChI=1S/C21H20N2O/c24-17-20-11-12-21(22-13-20)16-23(14-18-7-3-1-4-8-18)15-19-9-5-2-6-10-19/h1-13,17H,14-16H2. The average Bonchev–Trinajstić information content (AvgIpc) is 2.64. The van der Waals surface area contributed by atoms with E-state index in [1.807, 2.05) is 24.3 Å². The molecule has 3 heteroatoms. The van der Waals surface area contributed by atoms with Gasteiger partial charge in [-0.2, -0.15) is 0 Å². The molecule has 3 aromatic rings. The zero-order valence-corrected chi connectivity index (χ0v) is 13.5. The molecule has 0 aliphatic carbocycles. The molecule has 120 valence electrons. The maximum Gasteiger partial charge on any atom is 0.151 e. The number of nitrogens with zero attached hydrogens (tertiary/aromatic N) is 2. The SMILES string of the molecule is O=Cc1ccc(CN(Cc2ccccc2)Cc2ccccc2)nc1. The number of aldehydes is 1. The van der Waals surface area contributed by atoms with Crippen molar-refractivity contribution in [1.82, 2.24) is 9.88 Å². The Kier molecular flexibility index (Phi) is 5.48. The van der Waals surface area contributed by atoms with Crippen molar-refractivity contribution in [2.45, 2.75) is 19.6 Å². The highest BCUT2D eigenvalue weighted by atomic mass is 16.1. The lowest BCUT2D eigenvalue weighted by atomic mass is 10.1. The molecule has 0 spiro atoms. The third-order valence-corrected chi connectivity index (χ3v) is 3.87. The van der Waals surface area contributed by atoms with Crippen molar-refractivity contribution in [2.75, 3.05) is 0 Å². The van der Waals surface area contributed by atoms with Crippen LogP contribution in [0.4, 0.5) is 0 Å². The van der Waals surface area contributed by atoms with Gasteiger partial charge in [-0.1, -0.05) is 60.7 Å². The first kappa shape index (κ1) is 16.1. The first-order valence-corrected chi connectivity index (χ1v) is 8.04. The molecule has 0 saturated heterocycles. The second-order valence-corrected chi connectivity index (χ2v) is 5.82. The summed E-state index contributed by atoms with van der Waals surface area (Å²) in [5.74, 6) is 0. The van der Waals surface area contributed by atoms with Gasteiger partial charge in [-0.25, -0.2) is 0 Å². The van der Waals surface area contributed by atoms with Crippen molar-refractivity contribution in [3.63, 3.8) is 0 Å². The number of hydrogen-bond acceptors (Lipinski definition) is 3. The van der Waals surface area contributed by atoms with Gasteiger partial charge >= 0.3 is 0 Å². The van der Waals surface area contributed by atoms with E-state index in [0.29, 0.717) is 5.56 Å². The van der Waals surface area contributed by atoms with Gasteiger partial charge < -0.3 is 0 Å². The number of carbonyl (C=O) groups is 1. The van der Waals surface area contributed by atoms with Crippen LogP contribution in [0.2, 0.25) is 0 Å². The lowest BCUT2D eigenvalue weighted by Gasteiger charge is -2.22. The predicted octanol–water partition coefficient (Wildman–Crippen LogP) is 4.10. The summed E-state index contributed by atoms with van der Waals surface area (Å²) in [7, 11) is 0. The van der Waals surface area contributed by atoms with Gasteiger partial charge in [-0.05, 0) is 23.3 Å². The molecule has 0 saturated carbocycles. The minimum absolute atomic E-state index is 0.608. The lowest BCUT2D eigenvalue weighted by Crippen LogP contribution is -2.23. The molecule has 0 N–H and O–H groups in total. The van der Waals surface area contributed by atoms with Gasteiger partial charge in [-0.15, -0.1) is 0 Å². The van der Waals surface area contributed by atoms with Crippen LogP contribution >= 0.6 is 0 Å². The van der Waals surface area contributed by atoms with Gasteiger partial charge in [-0.3, -0.25) is 14.7 Å². The normalized spacial score (nSPS) is 10.7. The minimum Gasteiger partial charge on any atom is -0.298 e. The maximum atomic E-state index is 10.8. The summed E-state index contributed by atoms with van der Waals surface area (Å²) in [6, 6.07) is 24.6. The van der Waals surface area contributed by atoms with Crippen LogP contribution in [0.3, 0.4) is 0 Å². The highest BCUT2D eigenvalue weighted by Crippen LogP contribution is 2.13. The Labute approximate surface area is 142 Å². The lowest BCUT2D eigenvalue weighted by molar-refractivity contribution is 0.112. The van der Waals surface area contributed by atoms with E-state index >= 15 is 0 Å². The van der Waals surface area contributed by atoms with Crippen LogP contribution in [-0.2, 0) is 19.6 Å². The molecule has 3 rings (SSSR count). The van der Waals surface area contributed by atoms with Crippen molar-refractivity contribution < 1.29 is 4.79 Å². The molecule has 24 heavy (non-hydrogen) atoms. The van der Waals surface area contributed by atoms with E-state index in [1.54, 1.807) is 6.20 Å². The van der Waals surface area contributed by atoms with Gasteiger partial charge in [0.2, 0.25) is 0 Å². The summed E-state index contributed by atoms with van der Waals surface area (Å²) in [5.41, 5.74) is 4.12. The maximum absolute atomic E-state index is 10.8. The highest BCUT2D eigenvalue weighted by Gasteiger charge is 2.09. The molecule has 0 atom stereocenters. The van der Waals surface area contributed by atoms with E-state index in [1.165, 1.54) is 11.1 Å². The van der Waals surface area contributed by atoms with Crippen LogP contribution < -0.4 is 0 Å². The van der Waals surface area contributed by atoms with Gasteiger partial charge in [0.25, 0.3) is 0 Å². The number of benzene rings is 2. The summed E-state index contributed by atoms with van der Waals surface area (Å²) in [6.45, 7) is 2.45. The van der Waals surface area contributed by atoms with E-state index in [2.05, 4.69) is 58.4 Å². The third-order valence-electron chi connectivity index (χ3n) is 3.87. The fraction of sp³-hybridized carbons (Fsp3) is 0.143. The molecule has 0 aliphatic heterocycles.